The first kappa shape index (κ1) is 19.1. The molecular formula is C22H16BrN3O3S. The smallest absolute Gasteiger partial charge is 0.297 e. The third-order valence-corrected chi connectivity index (χ3v) is 6.76. The maximum atomic E-state index is 13.6. The first-order valence-electron chi connectivity index (χ1n) is 9.32. The molecule has 2 aromatic heterocycles. The van der Waals surface area contributed by atoms with Crippen molar-refractivity contribution in [3.63, 3.8) is 0 Å². The van der Waals surface area contributed by atoms with Crippen LogP contribution in [0.5, 0.6) is 0 Å². The van der Waals surface area contributed by atoms with E-state index in [9.17, 15) is 9.59 Å². The van der Waals surface area contributed by atoms with Gasteiger partial charge in [0.25, 0.3) is 5.91 Å². The van der Waals surface area contributed by atoms with Crippen molar-refractivity contribution < 1.29 is 9.21 Å². The molecule has 1 atom stereocenters. The Hall–Kier alpha value is -2.84. The normalized spacial score (nSPS) is 15.8. The van der Waals surface area contributed by atoms with Crippen LogP contribution < -0.4 is 10.3 Å². The fraction of sp³-hybridized carbons (Fsp3) is 0.182. The minimum absolute atomic E-state index is 0.0662. The van der Waals surface area contributed by atoms with Crippen molar-refractivity contribution in [2.24, 2.45) is 0 Å². The molecule has 8 heteroatoms. The number of anilines is 1. The van der Waals surface area contributed by atoms with E-state index >= 15 is 0 Å². The molecule has 0 saturated carbocycles. The number of rotatable bonds is 2. The number of aryl methyl sites for hydroxylation is 3. The summed E-state index contributed by atoms with van der Waals surface area (Å²) in [4.78, 5) is 28.5. The van der Waals surface area contributed by atoms with E-state index in [1.54, 1.807) is 0 Å². The molecule has 0 fully saturated rings. The first-order chi connectivity index (χ1) is 14.3. The van der Waals surface area contributed by atoms with Crippen molar-refractivity contribution in [3.8, 4) is 0 Å². The molecule has 1 aliphatic heterocycles. The number of halogens is 1. The van der Waals surface area contributed by atoms with Gasteiger partial charge in [0, 0.05) is 4.47 Å². The van der Waals surface area contributed by atoms with E-state index in [-0.39, 0.29) is 17.1 Å². The fourth-order valence-electron chi connectivity index (χ4n) is 3.77. The Morgan fingerprint density at radius 1 is 1.03 bits per heavy atom. The van der Waals surface area contributed by atoms with Crippen LogP contribution in [0.2, 0.25) is 0 Å². The van der Waals surface area contributed by atoms with E-state index in [0.29, 0.717) is 21.7 Å². The largest absolute Gasteiger partial charge is 0.450 e. The van der Waals surface area contributed by atoms with Gasteiger partial charge in [-0.15, -0.1) is 10.2 Å². The third-order valence-electron chi connectivity index (χ3n) is 5.39. The molecule has 2 aromatic carbocycles. The number of amides is 1. The summed E-state index contributed by atoms with van der Waals surface area (Å²) < 4.78 is 6.93. The molecule has 0 bridgehead atoms. The summed E-state index contributed by atoms with van der Waals surface area (Å²) in [5, 5.41) is 9.88. The van der Waals surface area contributed by atoms with Crippen LogP contribution in [0.25, 0.3) is 11.0 Å². The van der Waals surface area contributed by atoms with Crippen LogP contribution in [0.15, 0.2) is 50.1 Å². The summed E-state index contributed by atoms with van der Waals surface area (Å²) in [5.41, 5.74) is 3.35. The van der Waals surface area contributed by atoms with E-state index in [1.165, 1.54) is 16.2 Å². The number of carbonyl (C=O) groups is 1. The second-order valence-corrected chi connectivity index (χ2v) is 9.42. The summed E-state index contributed by atoms with van der Waals surface area (Å²) >= 11 is 4.75. The topological polar surface area (TPSA) is 76.3 Å². The molecule has 0 spiro atoms. The van der Waals surface area contributed by atoms with Gasteiger partial charge in [0.15, 0.2) is 5.43 Å². The predicted octanol–water partition coefficient (Wildman–Crippen LogP) is 5.08. The number of hydrogen-bond acceptors (Lipinski definition) is 6. The zero-order valence-electron chi connectivity index (χ0n) is 16.4. The van der Waals surface area contributed by atoms with Crippen LogP contribution in [-0.4, -0.2) is 16.1 Å². The summed E-state index contributed by atoms with van der Waals surface area (Å²) in [5.74, 6) is -0.317. The van der Waals surface area contributed by atoms with E-state index in [0.717, 1.165) is 26.2 Å². The lowest BCUT2D eigenvalue weighted by atomic mass is 9.98. The highest BCUT2D eigenvalue weighted by molar-refractivity contribution is 9.10. The average Bonchev–Trinajstić information content (AvgIpc) is 3.26. The molecule has 4 aromatic rings. The molecule has 1 amide bonds. The van der Waals surface area contributed by atoms with Crippen molar-refractivity contribution in [3.05, 3.63) is 84.1 Å². The predicted molar refractivity (Wildman–Crippen MR) is 119 cm³/mol. The van der Waals surface area contributed by atoms with Crippen molar-refractivity contribution >= 4 is 49.3 Å². The molecule has 1 unspecified atom stereocenters. The molecule has 30 heavy (non-hydrogen) atoms. The second-order valence-electron chi connectivity index (χ2n) is 7.34. The highest BCUT2D eigenvalue weighted by Crippen LogP contribution is 2.42. The molecule has 150 valence electrons. The lowest BCUT2D eigenvalue weighted by Gasteiger charge is -2.22. The van der Waals surface area contributed by atoms with Crippen molar-refractivity contribution in [1.29, 1.82) is 0 Å². The molecular weight excluding hydrogens is 466 g/mol. The highest BCUT2D eigenvalue weighted by Gasteiger charge is 2.45. The lowest BCUT2D eigenvalue weighted by Crippen LogP contribution is -2.29. The van der Waals surface area contributed by atoms with Crippen LogP contribution in [0, 0.1) is 20.8 Å². The lowest BCUT2D eigenvalue weighted by molar-refractivity contribution is 0.0970. The van der Waals surface area contributed by atoms with E-state index in [2.05, 4.69) is 26.1 Å². The molecule has 0 radical (unpaired) electrons. The number of hydrogen-bond donors (Lipinski definition) is 0. The van der Waals surface area contributed by atoms with Gasteiger partial charge in [-0.3, -0.25) is 14.5 Å². The van der Waals surface area contributed by atoms with Gasteiger partial charge in [0.05, 0.1) is 17.0 Å². The van der Waals surface area contributed by atoms with Gasteiger partial charge in [-0.05, 0) is 61.7 Å². The summed E-state index contributed by atoms with van der Waals surface area (Å²) in [6.07, 6.45) is 0. The van der Waals surface area contributed by atoms with Gasteiger partial charge in [-0.2, -0.15) is 0 Å². The molecule has 0 N–H and O–H groups in total. The van der Waals surface area contributed by atoms with E-state index in [4.69, 9.17) is 4.42 Å². The van der Waals surface area contributed by atoms with E-state index < -0.39 is 6.04 Å². The molecule has 6 nitrogen and oxygen atoms in total. The summed E-state index contributed by atoms with van der Waals surface area (Å²) in [6.45, 7) is 5.73. The first-order valence-corrected chi connectivity index (χ1v) is 10.9. The zero-order chi connectivity index (χ0) is 21.2. The average molecular weight is 482 g/mol. The van der Waals surface area contributed by atoms with Gasteiger partial charge in [0.2, 0.25) is 10.9 Å². The Morgan fingerprint density at radius 3 is 2.40 bits per heavy atom. The van der Waals surface area contributed by atoms with Crippen LogP contribution in [-0.2, 0) is 0 Å². The number of fused-ring (bicyclic) bond motifs is 2. The van der Waals surface area contributed by atoms with E-state index in [1.807, 2.05) is 57.2 Å². The number of aromatic nitrogens is 2. The summed E-state index contributed by atoms with van der Waals surface area (Å²) in [6, 6.07) is 10.6. The number of nitrogens with zero attached hydrogens (tertiary/aromatic N) is 3. The Balaban J connectivity index is 1.83. The van der Waals surface area contributed by atoms with Crippen LogP contribution in [0.4, 0.5) is 5.13 Å². The fourth-order valence-corrected chi connectivity index (χ4v) is 4.75. The van der Waals surface area contributed by atoms with Crippen molar-refractivity contribution in [2.45, 2.75) is 26.8 Å². The third kappa shape index (κ3) is 2.82. The molecule has 0 saturated heterocycles. The standard InChI is InChI=1S/C22H16BrN3O3S/c1-10-8-15-16(9-11(10)2)29-20-17(19(15)27)18(13-4-6-14(23)7-5-13)26(21(20)28)22-25-24-12(3)30-22/h4-9,18H,1-3H3. The quantitative estimate of drug-likeness (QED) is 0.398. The second kappa shape index (κ2) is 6.85. The maximum absolute atomic E-state index is 13.6. The molecule has 3 heterocycles. The highest BCUT2D eigenvalue weighted by atomic mass is 79.9. The molecule has 1 aliphatic rings. The van der Waals surface area contributed by atoms with Crippen LogP contribution in [0.3, 0.4) is 0 Å². The summed E-state index contributed by atoms with van der Waals surface area (Å²) in [7, 11) is 0. The molecule has 0 aliphatic carbocycles. The van der Waals surface area contributed by atoms with Crippen molar-refractivity contribution in [1.82, 2.24) is 10.2 Å². The Labute approximate surface area is 184 Å². The minimum atomic E-state index is -0.629. The SMILES string of the molecule is Cc1nnc(N2C(=O)c3oc4cc(C)c(C)cc4c(=O)c3C2c2ccc(Br)cc2)s1. The van der Waals surface area contributed by atoms with Gasteiger partial charge >= 0.3 is 0 Å². The van der Waals surface area contributed by atoms with Gasteiger partial charge in [-0.25, -0.2) is 0 Å². The molecule has 5 rings (SSSR count). The van der Waals surface area contributed by atoms with Crippen LogP contribution >= 0.6 is 27.3 Å². The minimum Gasteiger partial charge on any atom is -0.450 e. The van der Waals surface area contributed by atoms with Gasteiger partial charge in [-0.1, -0.05) is 39.4 Å². The number of carbonyl (C=O) groups excluding carboxylic acids is 1. The monoisotopic (exact) mass is 481 g/mol. The number of benzene rings is 2. The Morgan fingerprint density at radius 2 is 1.73 bits per heavy atom. The van der Waals surface area contributed by atoms with Gasteiger partial charge in [0.1, 0.15) is 10.6 Å². The zero-order valence-corrected chi connectivity index (χ0v) is 18.8. The van der Waals surface area contributed by atoms with Crippen LogP contribution in [0.1, 0.15) is 43.9 Å². The Bertz CT molecular complexity index is 1390. The Kier molecular flexibility index (Phi) is 4.37. The van der Waals surface area contributed by atoms with Gasteiger partial charge < -0.3 is 4.42 Å². The maximum Gasteiger partial charge on any atom is 0.297 e. The van der Waals surface area contributed by atoms with Crippen molar-refractivity contribution in [2.75, 3.05) is 4.90 Å².